The predicted molar refractivity (Wildman–Crippen MR) is 79.8 cm³/mol. The van der Waals surface area contributed by atoms with Crippen molar-refractivity contribution in [1.82, 2.24) is 0 Å². The molecule has 0 radical (unpaired) electrons. The van der Waals surface area contributed by atoms with Gasteiger partial charge in [-0.25, -0.2) is 0 Å². The van der Waals surface area contributed by atoms with Gasteiger partial charge in [0.05, 0.1) is 6.42 Å². The molecule has 3 heteroatoms. The zero-order chi connectivity index (χ0) is 14.4. The molecule has 0 unspecified atom stereocenters. The second kappa shape index (κ2) is 7.17. The van der Waals surface area contributed by atoms with Crippen LogP contribution in [0.25, 0.3) is 0 Å². The Balaban J connectivity index is 2.83. The van der Waals surface area contributed by atoms with E-state index in [-0.39, 0.29) is 6.42 Å². The monoisotopic (exact) mass is 263 g/mol. The van der Waals surface area contributed by atoms with Crippen LogP contribution in [-0.4, -0.2) is 24.2 Å². The molecule has 19 heavy (non-hydrogen) atoms. The third-order valence-electron chi connectivity index (χ3n) is 3.26. The zero-order valence-electron chi connectivity index (χ0n) is 12.4. The molecular formula is C16H25NO2. The fourth-order valence-corrected chi connectivity index (χ4v) is 2.16. The number of hydrogen-bond donors (Lipinski definition) is 1. The third-order valence-corrected chi connectivity index (χ3v) is 3.26. The molecule has 0 fully saturated rings. The molecule has 106 valence electrons. The van der Waals surface area contributed by atoms with Crippen LogP contribution in [0, 0.1) is 19.8 Å². The topological polar surface area (TPSA) is 40.5 Å². The van der Waals surface area contributed by atoms with Gasteiger partial charge in [-0.05, 0) is 37.8 Å². The standard InChI is InChI=1S/C16H25NO2/c1-12(2)7-9-17(10-8-16(18)19)15-6-5-13(3)11-14(15)4/h5-6,11-12H,7-10H2,1-4H3,(H,18,19). The minimum Gasteiger partial charge on any atom is -0.481 e. The smallest absolute Gasteiger partial charge is 0.305 e. The summed E-state index contributed by atoms with van der Waals surface area (Å²) in [5, 5.41) is 8.87. The van der Waals surface area contributed by atoms with Gasteiger partial charge in [-0.3, -0.25) is 4.79 Å². The number of anilines is 1. The van der Waals surface area contributed by atoms with Crippen LogP contribution in [0.2, 0.25) is 0 Å². The molecule has 3 nitrogen and oxygen atoms in total. The van der Waals surface area contributed by atoms with Crippen molar-refractivity contribution in [3.63, 3.8) is 0 Å². The van der Waals surface area contributed by atoms with Crippen LogP contribution in [0.15, 0.2) is 18.2 Å². The van der Waals surface area contributed by atoms with Crippen molar-refractivity contribution < 1.29 is 9.90 Å². The van der Waals surface area contributed by atoms with Crippen molar-refractivity contribution in [3.05, 3.63) is 29.3 Å². The summed E-state index contributed by atoms with van der Waals surface area (Å²) in [6.07, 6.45) is 1.26. The highest BCUT2D eigenvalue weighted by atomic mass is 16.4. The van der Waals surface area contributed by atoms with Gasteiger partial charge in [-0.1, -0.05) is 31.5 Å². The Hall–Kier alpha value is -1.51. The highest BCUT2D eigenvalue weighted by Crippen LogP contribution is 2.22. The maximum Gasteiger partial charge on any atom is 0.305 e. The molecule has 1 rings (SSSR count). The molecule has 0 saturated heterocycles. The minimum absolute atomic E-state index is 0.186. The van der Waals surface area contributed by atoms with E-state index in [1.807, 2.05) is 0 Å². The molecule has 1 aromatic rings. The molecule has 1 N–H and O–H groups in total. The van der Waals surface area contributed by atoms with Gasteiger partial charge in [0.2, 0.25) is 0 Å². The van der Waals surface area contributed by atoms with Crippen LogP contribution in [-0.2, 0) is 4.79 Å². The number of carboxylic acids is 1. The van der Waals surface area contributed by atoms with E-state index in [2.05, 4.69) is 50.8 Å². The summed E-state index contributed by atoms with van der Waals surface area (Å²) in [7, 11) is 0. The average Bonchev–Trinajstić information content (AvgIpc) is 2.30. The lowest BCUT2D eigenvalue weighted by Crippen LogP contribution is -2.28. The number of nitrogens with zero attached hydrogens (tertiary/aromatic N) is 1. The van der Waals surface area contributed by atoms with Crippen molar-refractivity contribution in [3.8, 4) is 0 Å². The fraction of sp³-hybridized carbons (Fsp3) is 0.562. The highest BCUT2D eigenvalue weighted by molar-refractivity contribution is 5.68. The molecule has 0 spiro atoms. The first-order valence-corrected chi connectivity index (χ1v) is 6.94. The van der Waals surface area contributed by atoms with Crippen LogP contribution >= 0.6 is 0 Å². The Morgan fingerprint density at radius 1 is 1.26 bits per heavy atom. The molecule has 0 bridgehead atoms. The van der Waals surface area contributed by atoms with Crippen molar-refractivity contribution in [2.24, 2.45) is 5.92 Å². The second-order valence-electron chi connectivity index (χ2n) is 5.60. The normalized spacial score (nSPS) is 10.8. The molecule has 0 heterocycles. The van der Waals surface area contributed by atoms with Gasteiger partial charge in [0.15, 0.2) is 0 Å². The number of carboxylic acid groups (broad SMARTS) is 1. The van der Waals surface area contributed by atoms with Crippen LogP contribution in [0.5, 0.6) is 0 Å². The lowest BCUT2D eigenvalue weighted by molar-refractivity contribution is -0.136. The van der Waals surface area contributed by atoms with E-state index in [0.717, 1.165) is 18.7 Å². The average molecular weight is 263 g/mol. The molecule has 0 amide bonds. The molecular weight excluding hydrogens is 238 g/mol. The first kappa shape index (κ1) is 15.5. The SMILES string of the molecule is Cc1ccc(N(CCC(=O)O)CCC(C)C)c(C)c1. The van der Waals surface area contributed by atoms with Crippen LogP contribution < -0.4 is 4.90 Å². The molecule has 0 aliphatic heterocycles. The lowest BCUT2D eigenvalue weighted by Gasteiger charge is -2.27. The van der Waals surface area contributed by atoms with Gasteiger partial charge in [0.1, 0.15) is 0 Å². The quantitative estimate of drug-likeness (QED) is 0.816. The van der Waals surface area contributed by atoms with E-state index in [0.29, 0.717) is 12.5 Å². The summed E-state index contributed by atoms with van der Waals surface area (Å²) < 4.78 is 0. The first-order chi connectivity index (χ1) is 8.90. The largest absolute Gasteiger partial charge is 0.481 e. The Kier molecular flexibility index (Phi) is 5.87. The maximum atomic E-state index is 10.8. The summed E-state index contributed by atoms with van der Waals surface area (Å²) in [4.78, 5) is 13.0. The number of aliphatic carboxylic acids is 1. The number of hydrogen-bond acceptors (Lipinski definition) is 2. The van der Waals surface area contributed by atoms with E-state index in [1.165, 1.54) is 11.1 Å². The van der Waals surface area contributed by atoms with Crippen LogP contribution in [0.4, 0.5) is 5.69 Å². The number of rotatable bonds is 7. The molecule has 1 aromatic carbocycles. The summed E-state index contributed by atoms with van der Waals surface area (Å²) in [6, 6.07) is 6.34. The van der Waals surface area contributed by atoms with E-state index in [9.17, 15) is 4.79 Å². The van der Waals surface area contributed by atoms with Gasteiger partial charge in [-0.15, -0.1) is 0 Å². The zero-order valence-corrected chi connectivity index (χ0v) is 12.4. The Morgan fingerprint density at radius 2 is 1.95 bits per heavy atom. The summed E-state index contributed by atoms with van der Waals surface area (Å²) >= 11 is 0. The van der Waals surface area contributed by atoms with Gasteiger partial charge in [-0.2, -0.15) is 0 Å². The lowest BCUT2D eigenvalue weighted by atomic mass is 10.1. The van der Waals surface area contributed by atoms with E-state index < -0.39 is 5.97 Å². The van der Waals surface area contributed by atoms with Crippen molar-refractivity contribution in [2.75, 3.05) is 18.0 Å². The fourth-order valence-electron chi connectivity index (χ4n) is 2.16. The summed E-state index contributed by atoms with van der Waals surface area (Å²) in [5.41, 5.74) is 3.62. The van der Waals surface area contributed by atoms with Crippen molar-refractivity contribution in [2.45, 2.75) is 40.5 Å². The second-order valence-corrected chi connectivity index (χ2v) is 5.60. The highest BCUT2D eigenvalue weighted by Gasteiger charge is 2.11. The van der Waals surface area contributed by atoms with Crippen molar-refractivity contribution in [1.29, 1.82) is 0 Å². The van der Waals surface area contributed by atoms with E-state index in [4.69, 9.17) is 5.11 Å². The molecule has 0 aromatic heterocycles. The molecule has 0 aliphatic rings. The van der Waals surface area contributed by atoms with Crippen LogP contribution in [0.3, 0.4) is 0 Å². The van der Waals surface area contributed by atoms with E-state index >= 15 is 0 Å². The summed E-state index contributed by atoms with van der Waals surface area (Å²) in [6.45, 7) is 10.0. The predicted octanol–water partition coefficient (Wildman–Crippen LogP) is 3.63. The number of benzene rings is 1. The summed E-state index contributed by atoms with van der Waals surface area (Å²) in [5.74, 6) is -0.114. The van der Waals surface area contributed by atoms with Crippen molar-refractivity contribution >= 4 is 11.7 Å². The van der Waals surface area contributed by atoms with Gasteiger partial charge < -0.3 is 10.0 Å². The van der Waals surface area contributed by atoms with Gasteiger partial charge in [0.25, 0.3) is 0 Å². The number of aryl methyl sites for hydroxylation is 2. The molecule has 0 aliphatic carbocycles. The Bertz CT molecular complexity index is 427. The Labute approximate surface area is 116 Å². The molecule has 0 saturated carbocycles. The number of carbonyl (C=O) groups is 1. The first-order valence-electron chi connectivity index (χ1n) is 6.94. The van der Waals surface area contributed by atoms with Gasteiger partial charge in [0, 0.05) is 18.8 Å². The maximum absolute atomic E-state index is 10.8. The van der Waals surface area contributed by atoms with Crippen LogP contribution in [0.1, 0.15) is 37.8 Å². The van der Waals surface area contributed by atoms with E-state index in [1.54, 1.807) is 0 Å². The molecule has 0 atom stereocenters. The Morgan fingerprint density at radius 3 is 2.47 bits per heavy atom. The third kappa shape index (κ3) is 5.33. The van der Waals surface area contributed by atoms with Gasteiger partial charge >= 0.3 is 5.97 Å². The minimum atomic E-state index is -0.737.